The van der Waals surface area contributed by atoms with E-state index in [4.69, 9.17) is 0 Å². The molecule has 1 aromatic heterocycles. The first kappa shape index (κ1) is 18.9. The molecule has 1 saturated heterocycles. The second kappa shape index (κ2) is 7.87. The fourth-order valence-electron chi connectivity index (χ4n) is 3.65. The molecule has 0 bridgehead atoms. The molecule has 1 aliphatic heterocycles. The predicted molar refractivity (Wildman–Crippen MR) is 108 cm³/mol. The molecular formula is C22H21FN4O2. The summed E-state index contributed by atoms with van der Waals surface area (Å²) in [5, 5.41) is 6.92. The molecule has 1 atom stereocenters. The van der Waals surface area contributed by atoms with Crippen LogP contribution in [0, 0.1) is 5.82 Å². The van der Waals surface area contributed by atoms with Crippen LogP contribution in [0.15, 0.2) is 60.8 Å². The van der Waals surface area contributed by atoms with E-state index in [1.807, 2.05) is 18.2 Å². The van der Waals surface area contributed by atoms with Gasteiger partial charge in [-0.2, -0.15) is 5.10 Å². The van der Waals surface area contributed by atoms with Gasteiger partial charge in [-0.3, -0.25) is 14.3 Å². The molecule has 0 spiro atoms. The lowest BCUT2D eigenvalue weighted by molar-refractivity contribution is -0.119. The SMILES string of the molecule is Cn1nccc1C(=O)N1CCC[C@@H]1C(=O)Nc1ccc(-c2cccc(F)c2)cc1. The van der Waals surface area contributed by atoms with Crippen LogP contribution in [0.1, 0.15) is 23.3 Å². The number of halogens is 1. The lowest BCUT2D eigenvalue weighted by atomic mass is 10.1. The van der Waals surface area contributed by atoms with Crippen LogP contribution in [-0.2, 0) is 11.8 Å². The maximum Gasteiger partial charge on any atom is 0.272 e. The molecule has 0 radical (unpaired) electrons. The Morgan fingerprint density at radius 3 is 2.59 bits per heavy atom. The standard InChI is InChI=1S/C22H21FN4O2/c1-26-20(11-12-24-26)22(29)27-13-3-6-19(27)21(28)25-18-9-7-15(8-10-18)16-4-2-5-17(23)14-16/h2,4-5,7-12,14,19H,3,6,13H2,1H3,(H,25,28)/t19-/m1/s1. The Kier molecular flexibility index (Phi) is 5.12. The molecule has 148 valence electrons. The average Bonchev–Trinajstić information content (AvgIpc) is 3.37. The molecule has 1 aliphatic rings. The predicted octanol–water partition coefficient (Wildman–Crippen LogP) is 3.47. The summed E-state index contributed by atoms with van der Waals surface area (Å²) in [6.45, 7) is 0.542. The molecule has 0 unspecified atom stereocenters. The fourth-order valence-corrected chi connectivity index (χ4v) is 3.65. The van der Waals surface area contributed by atoms with Crippen molar-refractivity contribution < 1.29 is 14.0 Å². The van der Waals surface area contributed by atoms with Gasteiger partial charge in [0, 0.05) is 25.5 Å². The van der Waals surface area contributed by atoms with E-state index in [0.29, 0.717) is 24.3 Å². The number of likely N-dealkylation sites (tertiary alicyclic amines) is 1. The Labute approximate surface area is 167 Å². The molecular weight excluding hydrogens is 371 g/mol. The number of rotatable bonds is 4. The highest BCUT2D eigenvalue weighted by Crippen LogP contribution is 2.24. The van der Waals surface area contributed by atoms with Crippen LogP contribution >= 0.6 is 0 Å². The summed E-state index contributed by atoms with van der Waals surface area (Å²) in [5.41, 5.74) is 2.72. The molecule has 0 saturated carbocycles. The molecule has 4 rings (SSSR count). The zero-order valence-electron chi connectivity index (χ0n) is 16.0. The van der Waals surface area contributed by atoms with E-state index in [2.05, 4.69) is 10.4 Å². The van der Waals surface area contributed by atoms with Crippen molar-refractivity contribution in [3.05, 3.63) is 72.3 Å². The normalized spacial score (nSPS) is 16.1. The maximum atomic E-state index is 13.4. The van der Waals surface area contributed by atoms with Gasteiger partial charge in [-0.05, 0) is 54.3 Å². The van der Waals surface area contributed by atoms with Crippen LogP contribution in [0.3, 0.4) is 0 Å². The second-order valence-corrected chi connectivity index (χ2v) is 7.07. The molecule has 0 aliphatic carbocycles. The zero-order chi connectivity index (χ0) is 20.4. The minimum atomic E-state index is -0.514. The van der Waals surface area contributed by atoms with E-state index < -0.39 is 6.04 Å². The molecule has 3 aromatic rings. The van der Waals surface area contributed by atoms with Crippen molar-refractivity contribution in [3.63, 3.8) is 0 Å². The summed E-state index contributed by atoms with van der Waals surface area (Å²) in [6, 6.07) is 14.7. The van der Waals surface area contributed by atoms with Gasteiger partial charge in [-0.1, -0.05) is 24.3 Å². The highest BCUT2D eigenvalue weighted by atomic mass is 19.1. The van der Waals surface area contributed by atoms with Gasteiger partial charge in [-0.25, -0.2) is 4.39 Å². The van der Waals surface area contributed by atoms with Crippen LogP contribution in [0.25, 0.3) is 11.1 Å². The molecule has 29 heavy (non-hydrogen) atoms. The molecule has 2 amide bonds. The summed E-state index contributed by atoms with van der Waals surface area (Å²) in [4.78, 5) is 27.2. The second-order valence-electron chi connectivity index (χ2n) is 7.07. The third kappa shape index (κ3) is 3.89. The third-order valence-electron chi connectivity index (χ3n) is 5.17. The van der Waals surface area contributed by atoms with Crippen molar-refractivity contribution in [2.24, 2.45) is 7.05 Å². The van der Waals surface area contributed by atoms with E-state index in [1.54, 1.807) is 42.4 Å². The molecule has 2 heterocycles. The molecule has 1 fully saturated rings. The lowest BCUT2D eigenvalue weighted by Gasteiger charge is -2.24. The van der Waals surface area contributed by atoms with E-state index in [1.165, 1.54) is 16.8 Å². The number of benzene rings is 2. The van der Waals surface area contributed by atoms with Gasteiger partial charge in [0.25, 0.3) is 5.91 Å². The van der Waals surface area contributed by atoms with Crippen molar-refractivity contribution >= 4 is 17.5 Å². The van der Waals surface area contributed by atoms with Crippen LogP contribution in [-0.4, -0.2) is 39.1 Å². The minimum Gasteiger partial charge on any atom is -0.325 e. The number of carbonyl (C=O) groups is 2. The van der Waals surface area contributed by atoms with Crippen molar-refractivity contribution in [2.45, 2.75) is 18.9 Å². The Morgan fingerprint density at radius 2 is 1.90 bits per heavy atom. The molecule has 1 N–H and O–H groups in total. The first-order chi connectivity index (χ1) is 14.0. The quantitative estimate of drug-likeness (QED) is 0.739. The van der Waals surface area contributed by atoms with Crippen LogP contribution in [0.4, 0.5) is 10.1 Å². The van der Waals surface area contributed by atoms with Crippen LogP contribution in [0.5, 0.6) is 0 Å². The average molecular weight is 392 g/mol. The maximum absolute atomic E-state index is 13.4. The van der Waals surface area contributed by atoms with Gasteiger partial charge < -0.3 is 10.2 Å². The monoisotopic (exact) mass is 392 g/mol. The minimum absolute atomic E-state index is 0.191. The van der Waals surface area contributed by atoms with Gasteiger partial charge >= 0.3 is 0 Å². The van der Waals surface area contributed by atoms with Gasteiger partial charge in [0.05, 0.1) is 0 Å². The topological polar surface area (TPSA) is 67.2 Å². The van der Waals surface area contributed by atoms with Crippen molar-refractivity contribution in [1.29, 1.82) is 0 Å². The van der Waals surface area contributed by atoms with Crippen molar-refractivity contribution in [1.82, 2.24) is 14.7 Å². The number of hydrogen-bond donors (Lipinski definition) is 1. The number of carbonyl (C=O) groups excluding carboxylic acids is 2. The number of hydrogen-bond acceptors (Lipinski definition) is 3. The van der Waals surface area contributed by atoms with E-state index in [0.717, 1.165) is 17.5 Å². The van der Waals surface area contributed by atoms with Crippen LogP contribution in [0.2, 0.25) is 0 Å². The number of aromatic nitrogens is 2. The number of anilines is 1. The third-order valence-corrected chi connectivity index (χ3v) is 5.17. The number of amides is 2. The van der Waals surface area contributed by atoms with Gasteiger partial charge in [-0.15, -0.1) is 0 Å². The Morgan fingerprint density at radius 1 is 1.10 bits per heavy atom. The highest BCUT2D eigenvalue weighted by Gasteiger charge is 2.35. The van der Waals surface area contributed by atoms with E-state index in [9.17, 15) is 14.0 Å². The summed E-state index contributed by atoms with van der Waals surface area (Å²) in [5.74, 6) is -0.695. The zero-order valence-corrected chi connectivity index (χ0v) is 16.0. The number of nitrogens with one attached hydrogen (secondary N) is 1. The number of aryl methyl sites for hydroxylation is 1. The molecule has 2 aromatic carbocycles. The first-order valence-electron chi connectivity index (χ1n) is 9.49. The first-order valence-corrected chi connectivity index (χ1v) is 9.49. The summed E-state index contributed by atoms with van der Waals surface area (Å²) < 4.78 is 14.9. The van der Waals surface area contributed by atoms with E-state index in [-0.39, 0.29) is 17.6 Å². The lowest BCUT2D eigenvalue weighted by Crippen LogP contribution is -2.43. The Hall–Kier alpha value is -3.48. The van der Waals surface area contributed by atoms with Crippen molar-refractivity contribution in [2.75, 3.05) is 11.9 Å². The van der Waals surface area contributed by atoms with Gasteiger partial charge in [0.1, 0.15) is 17.6 Å². The highest BCUT2D eigenvalue weighted by molar-refractivity contribution is 6.01. The van der Waals surface area contributed by atoms with Gasteiger partial charge in [0.2, 0.25) is 5.91 Å². The summed E-state index contributed by atoms with van der Waals surface area (Å²) in [7, 11) is 1.71. The summed E-state index contributed by atoms with van der Waals surface area (Å²) in [6.07, 6.45) is 2.97. The fraction of sp³-hybridized carbons (Fsp3) is 0.227. The Balaban J connectivity index is 1.46. The number of nitrogens with zero attached hydrogens (tertiary/aromatic N) is 3. The largest absolute Gasteiger partial charge is 0.325 e. The van der Waals surface area contributed by atoms with Crippen molar-refractivity contribution in [3.8, 4) is 11.1 Å². The molecule has 6 nitrogen and oxygen atoms in total. The van der Waals surface area contributed by atoms with Crippen LogP contribution < -0.4 is 5.32 Å². The van der Waals surface area contributed by atoms with E-state index >= 15 is 0 Å². The van der Waals surface area contributed by atoms with Gasteiger partial charge in [0.15, 0.2) is 0 Å². The smallest absolute Gasteiger partial charge is 0.272 e. The molecule has 7 heteroatoms. The Bertz CT molecular complexity index is 1040. The summed E-state index contributed by atoms with van der Waals surface area (Å²) >= 11 is 0.